The van der Waals surface area contributed by atoms with Crippen LogP contribution >= 0.6 is 0 Å². The number of halogens is 2. The van der Waals surface area contributed by atoms with E-state index >= 15 is 0 Å². The van der Waals surface area contributed by atoms with Gasteiger partial charge in [0.1, 0.15) is 29.0 Å². The molecule has 0 spiro atoms. The number of amidine groups is 2. The number of hydrogen-bond acceptors (Lipinski definition) is 4. The van der Waals surface area contributed by atoms with Gasteiger partial charge in [0.05, 0.1) is 17.7 Å². The zero-order chi connectivity index (χ0) is 18.4. The smallest absolute Gasteiger partial charge is 0.140 e. The van der Waals surface area contributed by atoms with Crippen molar-refractivity contribution < 1.29 is 8.78 Å². The molecule has 0 fully saturated rings. The minimum Gasteiger partial charge on any atom is -0.383 e. The van der Waals surface area contributed by atoms with Gasteiger partial charge in [0, 0.05) is 17.5 Å². The first kappa shape index (κ1) is 17.0. The molecule has 130 valence electrons. The van der Waals surface area contributed by atoms with E-state index in [2.05, 4.69) is 16.7 Å². The van der Waals surface area contributed by atoms with Gasteiger partial charge in [0.25, 0.3) is 0 Å². The number of rotatable bonds is 4. The maximum atomic E-state index is 14.5. The lowest BCUT2D eigenvalue weighted by atomic mass is 9.78. The minimum absolute atomic E-state index is 0.0295. The van der Waals surface area contributed by atoms with Gasteiger partial charge in [0.15, 0.2) is 0 Å². The van der Waals surface area contributed by atoms with Crippen LogP contribution in [0.1, 0.15) is 31.4 Å². The van der Waals surface area contributed by atoms with Crippen molar-refractivity contribution in [2.75, 3.05) is 0 Å². The lowest BCUT2D eigenvalue weighted by molar-refractivity contribution is 0.403. The Hall–Kier alpha value is -2.83. The first-order valence-corrected chi connectivity index (χ1v) is 7.83. The minimum atomic E-state index is -0.929. The van der Waals surface area contributed by atoms with Gasteiger partial charge in [-0.3, -0.25) is 5.41 Å². The van der Waals surface area contributed by atoms with E-state index in [1.807, 2.05) is 0 Å². The van der Waals surface area contributed by atoms with Crippen LogP contribution in [0.15, 0.2) is 46.4 Å². The first-order chi connectivity index (χ1) is 11.8. The van der Waals surface area contributed by atoms with Gasteiger partial charge in [-0.15, -0.1) is 0 Å². The molecule has 2 heterocycles. The van der Waals surface area contributed by atoms with Crippen molar-refractivity contribution in [1.29, 1.82) is 5.41 Å². The van der Waals surface area contributed by atoms with Crippen LogP contribution in [0.25, 0.3) is 6.08 Å². The van der Waals surface area contributed by atoms with Crippen molar-refractivity contribution in [3.05, 3.63) is 53.2 Å². The van der Waals surface area contributed by atoms with E-state index in [-0.39, 0.29) is 41.9 Å². The summed E-state index contributed by atoms with van der Waals surface area (Å²) in [6, 6.07) is 5.01. The number of hydrazone groups is 1. The molecule has 2 aliphatic heterocycles. The Balaban J connectivity index is 2.05. The summed E-state index contributed by atoms with van der Waals surface area (Å²) in [5.74, 6) is -0.521. The molecule has 7 heteroatoms. The molecule has 5 nitrogen and oxygen atoms in total. The first-order valence-electron chi connectivity index (χ1n) is 7.83. The fourth-order valence-electron chi connectivity index (χ4n) is 3.17. The maximum Gasteiger partial charge on any atom is 0.140 e. The van der Waals surface area contributed by atoms with Crippen molar-refractivity contribution in [1.82, 2.24) is 5.01 Å². The summed E-state index contributed by atoms with van der Waals surface area (Å²) in [4.78, 5) is 4.32. The van der Waals surface area contributed by atoms with Gasteiger partial charge in [-0.05, 0) is 13.8 Å². The van der Waals surface area contributed by atoms with Crippen LogP contribution in [0, 0.1) is 16.6 Å². The van der Waals surface area contributed by atoms with Gasteiger partial charge in [-0.25, -0.2) is 18.8 Å². The Labute approximate surface area is 144 Å². The van der Waals surface area contributed by atoms with Gasteiger partial charge >= 0.3 is 0 Å². The summed E-state index contributed by atoms with van der Waals surface area (Å²) in [5, 5.41) is 13.6. The Bertz CT molecular complexity index is 868. The van der Waals surface area contributed by atoms with Crippen molar-refractivity contribution in [3.8, 4) is 0 Å². The molecule has 1 unspecified atom stereocenters. The highest BCUT2D eigenvalue weighted by Gasteiger charge is 2.49. The lowest BCUT2D eigenvalue weighted by Gasteiger charge is -2.30. The molecule has 0 aromatic heterocycles. The summed E-state index contributed by atoms with van der Waals surface area (Å²) in [6.07, 6.45) is 1.47. The quantitative estimate of drug-likeness (QED) is 0.647. The fourth-order valence-corrected chi connectivity index (χ4v) is 3.17. The summed E-state index contributed by atoms with van der Waals surface area (Å²) < 4.78 is 28.6. The van der Waals surface area contributed by atoms with Crippen LogP contribution in [0.4, 0.5) is 8.78 Å². The third kappa shape index (κ3) is 2.65. The molecule has 3 rings (SSSR count). The molecule has 0 amide bonds. The predicted molar refractivity (Wildman–Crippen MR) is 95.4 cm³/mol. The highest BCUT2D eigenvalue weighted by atomic mass is 19.1. The molecule has 0 saturated carbocycles. The average Bonchev–Trinajstić information content (AvgIpc) is 2.82. The number of nitrogens with one attached hydrogen (secondary N) is 1. The number of nitrogens with zero attached hydrogens (tertiary/aromatic N) is 3. The van der Waals surface area contributed by atoms with Crippen LogP contribution in [-0.2, 0) is 6.54 Å². The molecule has 0 aliphatic carbocycles. The molecule has 0 saturated heterocycles. The fraction of sp³-hybridized carbons (Fsp3) is 0.278. The van der Waals surface area contributed by atoms with Crippen LogP contribution in [0.2, 0.25) is 0 Å². The van der Waals surface area contributed by atoms with Crippen LogP contribution < -0.4 is 5.73 Å². The number of nitrogens with two attached hydrogens (primary N) is 1. The van der Waals surface area contributed by atoms with Gasteiger partial charge in [-0.2, -0.15) is 5.10 Å². The van der Waals surface area contributed by atoms with Crippen LogP contribution in [0.3, 0.4) is 0 Å². The SMILES string of the molecule is C=Cc1cccc(CN2N=C(C(=N)N)C3(C)CC(F)=C(C)N=C23)c1F. The number of allylic oxidation sites excluding steroid dienone is 2. The van der Waals surface area contributed by atoms with Gasteiger partial charge < -0.3 is 5.73 Å². The van der Waals surface area contributed by atoms with Crippen LogP contribution in [-0.4, -0.2) is 22.4 Å². The molecule has 2 aliphatic rings. The van der Waals surface area contributed by atoms with E-state index in [1.165, 1.54) is 11.1 Å². The Morgan fingerprint density at radius 1 is 1.48 bits per heavy atom. The number of fused-ring (bicyclic) bond motifs is 1. The topological polar surface area (TPSA) is 77.8 Å². The summed E-state index contributed by atoms with van der Waals surface area (Å²) in [7, 11) is 0. The third-order valence-electron chi connectivity index (χ3n) is 4.56. The number of benzene rings is 1. The highest BCUT2D eigenvalue weighted by Crippen LogP contribution is 2.42. The summed E-state index contributed by atoms with van der Waals surface area (Å²) in [6.45, 7) is 7.02. The summed E-state index contributed by atoms with van der Waals surface area (Å²) in [5.41, 5.74) is 6.02. The molecule has 0 bridgehead atoms. The lowest BCUT2D eigenvalue weighted by Crippen LogP contribution is -2.43. The number of aliphatic imine (C=N–C) groups is 1. The standard InChI is InChI=1S/C18H19F2N5/c1-4-11-6-5-7-12(14(11)20)9-25-17-18(3,15(24-25)16(21)22)8-13(19)10(2)23-17/h4-7H,1,8-9H2,2-3H3,(H3,21,22). The monoisotopic (exact) mass is 343 g/mol. The van der Waals surface area contributed by atoms with E-state index in [4.69, 9.17) is 11.1 Å². The molecule has 0 radical (unpaired) electrons. The van der Waals surface area contributed by atoms with E-state index < -0.39 is 5.41 Å². The average molecular weight is 343 g/mol. The van der Waals surface area contributed by atoms with Crippen molar-refractivity contribution >= 4 is 23.5 Å². The highest BCUT2D eigenvalue weighted by molar-refractivity contribution is 6.47. The zero-order valence-corrected chi connectivity index (χ0v) is 14.1. The van der Waals surface area contributed by atoms with Gasteiger partial charge in [0.2, 0.25) is 0 Å². The Kier molecular flexibility index (Phi) is 4.02. The molecule has 1 atom stereocenters. The Morgan fingerprint density at radius 3 is 2.84 bits per heavy atom. The molecule has 1 aromatic carbocycles. The maximum absolute atomic E-state index is 14.5. The largest absolute Gasteiger partial charge is 0.383 e. The normalized spacial score (nSPS) is 22.5. The molecule has 25 heavy (non-hydrogen) atoms. The second-order valence-electron chi connectivity index (χ2n) is 6.38. The zero-order valence-electron chi connectivity index (χ0n) is 14.1. The molecule has 3 N–H and O–H groups in total. The van der Waals surface area contributed by atoms with Crippen molar-refractivity contribution in [2.45, 2.75) is 26.8 Å². The third-order valence-corrected chi connectivity index (χ3v) is 4.56. The summed E-state index contributed by atoms with van der Waals surface area (Å²) >= 11 is 0. The van der Waals surface area contributed by atoms with Crippen molar-refractivity contribution in [3.63, 3.8) is 0 Å². The van der Waals surface area contributed by atoms with E-state index in [0.717, 1.165) is 0 Å². The van der Waals surface area contributed by atoms with Gasteiger partial charge in [-0.1, -0.05) is 30.9 Å². The second kappa shape index (κ2) is 5.91. The van der Waals surface area contributed by atoms with E-state index in [1.54, 1.807) is 32.0 Å². The predicted octanol–water partition coefficient (Wildman–Crippen LogP) is 3.59. The molecule has 1 aromatic rings. The van der Waals surface area contributed by atoms with E-state index in [9.17, 15) is 8.78 Å². The number of hydrogen-bond donors (Lipinski definition) is 2. The molecular weight excluding hydrogens is 324 g/mol. The Morgan fingerprint density at radius 2 is 2.20 bits per heavy atom. The molecular formula is C18H19F2N5. The van der Waals surface area contributed by atoms with Crippen LogP contribution in [0.5, 0.6) is 0 Å². The second-order valence-corrected chi connectivity index (χ2v) is 6.38. The van der Waals surface area contributed by atoms with Crippen molar-refractivity contribution in [2.24, 2.45) is 21.2 Å². The van der Waals surface area contributed by atoms with E-state index in [0.29, 0.717) is 17.0 Å².